The van der Waals surface area contributed by atoms with E-state index in [2.05, 4.69) is 9.97 Å². The van der Waals surface area contributed by atoms with Gasteiger partial charge in [0.2, 0.25) is 5.88 Å². The summed E-state index contributed by atoms with van der Waals surface area (Å²) < 4.78 is 0. The fourth-order valence-electron chi connectivity index (χ4n) is 2.08. The molecule has 21 heavy (non-hydrogen) atoms. The highest BCUT2D eigenvalue weighted by Crippen LogP contribution is 2.25. The Morgan fingerprint density at radius 1 is 0.857 bits per heavy atom. The number of benzene rings is 2. The first-order chi connectivity index (χ1) is 10.1. The first-order valence-electron chi connectivity index (χ1n) is 6.33. The van der Waals surface area contributed by atoms with Crippen LogP contribution in [0.5, 0.6) is 11.6 Å². The van der Waals surface area contributed by atoms with Gasteiger partial charge in [-0.25, -0.2) is 0 Å². The van der Waals surface area contributed by atoms with Crippen LogP contribution < -0.4 is 5.56 Å². The van der Waals surface area contributed by atoms with Crippen molar-refractivity contribution in [1.29, 1.82) is 0 Å². The first kappa shape index (κ1) is 12.9. The van der Waals surface area contributed by atoms with Crippen molar-refractivity contribution in [2.75, 3.05) is 0 Å². The second kappa shape index (κ2) is 5.13. The second-order valence-electron chi connectivity index (χ2n) is 4.53. The fraction of sp³-hybridized carbons (Fsp3) is 0. The number of hydrogen-bond acceptors (Lipinski definition) is 4. The molecule has 0 amide bonds. The summed E-state index contributed by atoms with van der Waals surface area (Å²) in [7, 11) is 0. The SMILES string of the molecule is O=c1[nH]c(-c2ccc(O)cc2)nc(O)c1-c1ccccc1. The number of aromatic nitrogens is 2. The van der Waals surface area contributed by atoms with Crippen molar-refractivity contribution in [1.82, 2.24) is 9.97 Å². The molecule has 3 rings (SSSR count). The number of nitrogens with zero attached hydrogens (tertiary/aromatic N) is 1. The zero-order valence-corrected chi connectivity index (χ0v) is 10.9. The molecule has 0 unspecified atom stereocenters. The van der Waals surface area contributed by atoms with Crippen LogP contribution in [0, 0.1) is 0 Å². The number of aromatic hydroxyl groups is 2. The van der Waals surface area contributed by atoms with Crippen LogP contribution in [-0.4, -0.2) is 20.2 Å². The smallest absolute Gasteiger partial charge is 0.262 e. The van der Waals surface area contributed by atoms with E-state index in [1.165, 1.54) is 12.1 Å². The normalized spacial score (nSPS) is 10.5. The van der Waals surface area contributed by atoms with Crippen molar-refractivity contribution in [2.45, 2.75) is 0 Å². The molecule has 0 atom stereocenters. The molecular weight excluding hydrogens is 268 g/mol. The maximum atomic E-state index is 12.2. The fourth-order valence-corrected chi connectivity index (χ4v) is 2.08. The Balaban J connectivity index is 2.13. The average molecular weight is 280 g/mol. The number of H-pyrrole nitrogens is 1. The van der Waals surface area contributed by atoms with Gasteiger partial charge in [0, 0.05) is 5.56 Å². The third-order valence-corrected chi connectivity index (χ3v) is 3.10. The van der Waals surface area contributed by atoms with Gasteiger partial charge in [-0.2, -0.15) is 4.98 Å². The zero-order valence-electron chi connectivity index (χ0n) is 10.9. The van der Waals surface area contributed by atoms with E-state index >= 15 is 0 Å². The summed E-state index contributed by atoms with van der Waals surface area (Å²) in [6.07, 6.45) is 0. The quantitative estimate of drug-likeness (QED) is 0.673. The van der Waals surface area contributed by atoms with Gasteiger partial charge < -0.3 is 15.2 Å². The molecule has 5 nitrogen and oxygen atoms in total. The topological polar surface area (TPSA) is 86.2 Å². The minimum atomic E-state index is -0.420. The lowest BCUT2D eigenvalue weighted by atomic mass is 10.1. The van der Waals surface area contributed by atoms with Crippen LogP contribution in [-0.2, 0) is 0 Å². The lowest BCUT2D eigenvalue weighted by Gasteiger charge is -2.06. The lowest BCUT2D eigenvalue weighted by molar-refractivity contribution is 0.454. The van der Waals surface area contributed by atoms with Crippen LogP contribution in [0.25, 0.3) is 22.5 Å². The highest BCUT2D eigenvalue weighted by Gasteiger charge is 2.13. The maximum Gasteiger partial charge on any atom is 0.262 e. The number of phenolic OH excluding ortho intramolecular Hbond substituents is 1. The summed E-state index contributed by atoms with van der Waals surface area (Å²) in [5.41, 5.74) is 0.913. The molecular formula is C16H12N2O3. The van der Waals surface area contributed by atoms with Crippen LogP contribution >= 0.6 is 0 Å². The molecule has 3 N–H and O–H groups in total. The summed E-state index contributed by atoms with van der Waals surface area (Å²) >= 11 is 0. The lowest BCUT2D eigenvalue weighted by Crippen LogP contribution is -2.12. The summed E-state index contributed by atoms with van der Waals surface area (Å²) in [5.74, 6) is 0.0384. The van der Waals surface area contributed by atoms with Gasteiger partial charge in [0.1, 0.15) is 17.1 Å². The Morgan fingerprint density at radius 2 is 1.52 bits per heavy atom. The first-order valence-corrected chi connectivity index (χ1v) is 6.33. The highest BCUT2D eigenvalue weighted by atomic mass is 16.3. The molecule has 0 bridgehead atoms. The Kier molecular flexibility index (Phi) is 3.16. The van der Waals surface area contributed by atoms with Gasteiger partial charge >= 0.3 is 0 Å². The van der Waals surface area contributed by atoms with Crippen molar-refractivity contribution >= 4 is 0 Å². The minimum Gasteiger partial charge on any atom is -0.508 e. The number of rotatable bonds is 2. The molecule has 0 aliphatic rings. The molecule has 0 saturated heterocycles. The summed E-state index contributed by atoms with van der Waals surface area (Å²) in [6, 6.07) is 15.0. The maximum absolute atomic E-state index is 12.2. The molecule has 104 valence electrons. The molecule has 0 spiro atoms. The van der Waals surface area contributed by atoms with Crippen LogP contribution in [0.15, 0.2) is 59.4 Å². The number of nitrogens with one attached hydrogen (secondary N) is 1. The van der Waals surface area contributed by atoms with E-state index in [0.717, 1.165) is 0 Å². The van der Waals surface area contributed by atoms with E-state index in [1.54, 1.807) is 36.4 Å². The Bertz CT molecular complexity index is 824. The predicted molar refractivity (Wildman–Crippen MR) is 79.1 cm³/mol. The molecule has 2 aromatic carbocycles. The van der Waals surface area contributed by atoms with Crippen molar-refractivity contribution < 1.29 is 10.2 Å². The Hall–Kier alpha value is -3.08. The predicted octanol–water partition coefficient (Wildman–Crippen LogP) is 2.52. The Labute approximate surface area is 120 Å². The molecule has 1 aromatic heterocycles. The van der Waals surface area contributed by atoms with Gasteiger partial charge in [0.15, 0.2) is 0 Å². The number of hydrogen-bond donors (Lipinski definition) is 3. The van der Waals surface area contributed by atoms with E-state index < -0.39 is 5.56 Å². The molecule has 0 fully saturated rings. The van der Waals surface area contributed by atoms with E-state index in [9.17, 15) is 15.0 Å². The van der Waals surface area contributed by atoms with Gasteiger partial charge in [-0.3, -0.25) is 4.79 Å². The van der Waals surface area contributed by atoms with E-state index in [1.807, 2.05) is 6.07 Å². The van der Waals surface area contributed by atoms with Gasteiger partial charge in [0.25, 0.3) is 5.56 Å². The van der Waals surface area contributed by atoms with Crippen molar-refractivity contribution in [3.63, 3.8) is 0 Å². The molecule has 0 aliphatic carbocycles. The standard InChI is InChI=1S/C16H12N2O3/c19-12-8-6-11(7-9-12)14-17-15(20)13(16(21)18-14)10-4-2-1-3-5-10/h1-9,19H,(H2,17,18,20,21). The van der Waals surface area contributed by atoms with Crippen molar-refractivity contribution in [3.8, 4) is 34.1 Å². The Morgan fingerprint density at radius 3 is 2.14 bits per heavy atom. The largest absolute Gasteiger partial charge is 0.508 e. The van der Waals surface area contributed by atoms with E-state index in [0.29, 0.717) is 11.1 Å². The van der Waals surface area contributed by atoms with Crippen molar-refractivity contribution in [2.24, 2.45) is 0 Å². The van der Waals surface area contributed by atoms with Crippen LogP contribution in [0.2, 0.25) is 0 Å². The molecule has 5 heteroatoms. The molecule has 1 heterocycles. The van der Waals surface area contributed by atoms with E-state index in [4.69, 9.17) is 0 Å². The van der Waals surface area contributed by atoms with Gasteiger partial charge in [-0.1, -0.05) is 30.3 Å². The summed E-state index contributed by atoms with van der Waals surface area (Å²) in [4.78, 5) is 18.9. The molecule has 0 aliphatic heterocycles. The average Bonchev–Trinajstić information content (AvgIpc) is 2.48. The van der Waals surface area contributed by atoms with Gasteiger partial charge in [0.05, 0.1) is 0 Å². The molecule has 0 saturated carbocycles. The van der Waals surface area contributed by atoms with Crippen LogP contribution in [0.4, 0.5) is 0 Å². The summed E-state index contributed by atoms with van der Waals surface area (Å²) in [6.45, 7) is 0. The van der Waals surface area contributed by atoms with E-state index in [-0.39, 0.29) is 23.0 Å². The zero-order chi connectivity index (χ0) is 14.8. The molecule has 3 aromatic rings. The third kappa shape index (κ3) is 2.49. The second-order valence-corrected chi connectivity index (χ2v) is 4.53. The molecule has 0 radical (unpaired) electrons. The number of phenols is 1. The monoisotopic (exact) mass is 280 g/mol. The van der Waals surface area contributed by atoms with Crippen LogP contribution in [0.1, 0.15) is 0 Å². The van der Waals surface area contributed by atoms with Crippen LogP contribution in [0.3, 0.4) is 0 Å². The minimum absolute atomic E-state index is 0.117. The van der Waals surface area contributed by atoms with Gasteiger partial charge in [-0.05, 0) is 29.8 Å². The third-order valence-electron chi connectivity index (χ3n) is 3.10. The van der Waals surface area contributed by atoms with Gasteiger partial charge in [-0.15, -0.1) is 0 Å². The number of aromatic amines is 1. The highest BCUT2D eigenvalue weighted by molar-refractivity contribution is 5.69. The summed E-state index contributed by atoms with van der Waals surface area (Å²) in [5, 5.41) is 19.3. The van der Waals surface area contributed by atoms with Crippen molar-refractivity contribution in [3.05, 3.63) is 65.0 Å².